The monoisotopic (exact) mass is 598 g/mol. The second-order valence-electron chi connectivity index (χ2n) is 9.27. The number of aryl methyl sites for hydroxylation is 3. The van der Waals surface area contributed by atoms with E-state index >= 15 is 0 Å². The van der Waals surface area contributed by atoms with E-state index in [0.29, 0.717) is 39.4 Å². The van der Waals surface area contributed by atoms with E-state index in [0.717, 1.165) is 38.9 Å². The Bertz CT molecular complexity index is 1500. The molecule has 10 heteroatoms. The Hall–Kier alpha value is -3.46. The Morgan fingerprint density at radius 3 is 2.35 bits per heavy atom. The van der Waals surface area contributed by atoms with Crippen LogP contribution in [0.15, 0.2) is 53.4 Å². The Kier molecular flexibility index (Phi) is 9.45. The van der Waals surface area contributed by atoms with Gasteiger partial charge >= 0.3 is 0 Å². The fraction of sp³-hybridized carbons (Fsp3) is 0.233. The fourth-order valence-electron chi connectivity index (χ4n) is 4.28. The summed E-state index contributed by atoms with van der Waals surface area (Å²) in [7, 11) is 0. The number of nitrogens with zero attached hydrogens (tertiary/aromatic N) is 1. The molecule has 0 bridgehead atoms. The smallest absolute Gasteiger partial charge is 0.294 e. The summed E-state index contributed by atoms with van der Waals surface area (Å²) in [5.41, 5.74) is 5.08. The summed E-state index contributed by atoms with van der Waals surface area (Å²) in [6.45, 7) is 7.91. The van der Waals surface area contributed by atoms with Gasteiger partial charge < -0.3 is 14.8 Å². The second kappa shape index (κ2) is 12.8. The molecule has 4 rings (SSSR count). The third-order valence-electron chi connectivity index (χ3n) is 6.06. The summed E-state index contributed by atoms with van der Waals surface area (Å²) in [5, 5.41) is 3.24. The van der Waals surface area contributed by atoms with E-state index in [-0.39, 0.29) is 18.1 Å². The van der Waals surface area contributed by atoms with Crippen LogP contribution in [0.3, 0.4) is 0 Å². The number of amides is 3. The molecule has 0 radical (unpaired) electrons. The first kappa shape index (κ1) is 29.5. The minimum atomic E-state index is -0.527. The lowest BCUT2D eigenvalue weighted by atomic mass is 10.1. The third kappa shape index (κ3) is 6.99. The molecule has 1 aliphatic rings. The molecule has 1 saturated heterocycles. The van der Waals surface area contributed by atoms with Crippen molar-refractivity contribution in [2.45, 2.75) is 34.3 Å². The maximum absolute atomic E-state index is 13.0. The first-order valence-corrected chi connectivity index (χ1v) is 14.1. The van der Waals surface area contributed by atoms with Gasteiger partial charge in [0.05, 0.1) is 21.6 Å². The standard InChI is InChI=1S/C30H28Cl2N2O5S/c1-5-38-25-13-20(7-9-24(25)39-16-21-6-8-22(31)23(32)12-21)14-26-29(36)34(30(37)40-26)15-27(35)33-28-18(3)10-17(2)11-19(28)4/h6-14H,5,15-16H2,1-4H3,(H,33,35)/b26-14+. The van der Waals surface area contributed by atoms with E-state index in [1.807, 2.05) is 45.9 Å². The summed E-state index contributed by atoms with van der Waals surface area (Å²) in [4.78, 5) is 39.6. The van der Waals surface area contributed by atoms with Crippen molar-refractivity contribution in [2.24, 2.45) is 0 Å². The zero-order chi connectivity index (χ0) is 29.0. The Balaban J connectivity index is 1.46. The van der Waals surface area contributed by atoms with Gasteiger partial charge in [0.15, 0.2) is 11.5 Å². The van der Waals surface area contributed by atoms with Crippen LogP contribution in [0.4, 0.5) is 10.5 Å². The Morgan fingerprint density at radius 1 is 0.950 bits per heavy atom. The van der Waals surface area contributed by atoms with Crippen molar-refractivity contribution in [3.63, 3.8) is 0 Å². The van der Waals surface area contributed by atoms with E-state index in [4.69, 9.17) is 32.7 Å². The number of hydrogen-bond acceptors (Lipinski definition) is 6. The van der Waals surface area contributed by atoms with Crippen LogP contribution >= 0.6 is 35.0 Å². The van der Waals surface area contributed by atoms with Gasteiger partial charge in [-0.3, -0.25) is 19.3 Å². The molecule has 3 aromatic carbocycles. The lowest BCUT2D eigenvalue weighted by Gasteiger charge is -2.16. The van der Waals surface area contributed by atoms with Crippen molar-refractivity contribution in [1.82, 2.24) is 4.90 Å². The summed E-state index contributed by atoms with van der Waals surface area (Å²) in [6.07, 6.45) is 1.60. The summed E-state index contributed by atoms with van der Waals surface area (Å²) in [5.74, 6) is 0.0245. The van der Waals surface area contributed by atoms with Crippen LogP contribution in [0.25, 0.3) is 6.08 Å². The van der Waals surface area contributed by atoms with Gasteiger partial charge in [0.25, 0.3) is 11.1 Å². The predicted molar refractivity (Wildman–Crippen MR) is 160 cm³/mol. The molecule has 7 nitrogen and oxygen atoms in total. The summed E-state index contributed by atoms with van der Waals surface area (Å²) in [6, 6.07) is 14.4. The highest BCUT2D eigenvalue weighted by atomic mass is 35.5. The van der Waals surface area contributed by atoms with Crippen molar-refractivity contribution in [1.29, 1.82) is 0 Å². The van der Waals surface area contributed by atoms with E-state index in [2.05, 4.69) is 5.32 Å². The SMILES string of the molecule is CCOc1cc(/C=C2/SC(=O)N(CC(=O)Nc3c(C)cc(C)cc3C)C2=O)ccc1OCc1ccc(Cl)c(Cl)c1. The van der Waals surface area contributed by atoms with Crippen molar-refractivity contribution in [3.8, 4) is 11.5 Å². The van der Waals surface area contributed by atoms with E-state index in [1.165, 1.54) is 0 Å². The quantitative estimate of drug-likeness (QED) is 0.256. The molecule has 1 heterocycles. The van der Waals surface area contributed by atoms with Crippen LogP contribution in [0, 0.1) is 20.8 Å². The molecule has 40 heavy (non-hydrogen) atoms. The number of carbonyl (C=O) groups excluding carboxylic acids is 3. The highest BCUT2D eigenvalue weighted by molar-refractivity contribution is 8.18. The number of ether oxygens (including phenoxy) is 2. The first-order valence-electron chi connectivity index (χ1n) is 12.5. The number of nitrogens with one attached hydrogen (secondary N) is 1. The molecule has 1 fully saturated rings. The topological polar surface area (TPSA) is 84.9 Å². The molecular formula is C30H28Cl2N2O5S. The number of carbonyl (C=O) groups is 3. The molecule has 1 aliphatic heterocycles. The van der Waals surface area contributed by atoms with Crippen LogP contribution in [-0.2, 0) is 16.2 Å². The Morgan fingerprint density at radius 2 is 1.68 bits per heavy atom. The van der Waals surface area contributed by atoms with Crippen molar-refractivity contribution < 1.29 is 23.9 Å². The van der Waals surface area contributed by atoms with Gasteiger partial charge in [0.1, 0.15) is 13.2 Å². The van der Waals surface area contributed by atoms with Crippen LogP contribution in [0.5, 0.6) is 11.5 Å². The summed E-state index contributed by atoms with van der Waals surface area (Å²) < 4.78 is 11.7. The Labute approximate surface area is 247 Å². The number of halogens is 2. The number of thioether (sulfide) groups is 1. The number of hydrogen-bond donors (Lipinski definition) is 1. The van der Waals surface area contributed by atoms with Gasteiger partial charge in [0, 0.05) is 5.69 Å². The molecular weight excluding hydrogens is 571 g/mol. The zero-order valence-corrected chi connectivity index (χ0v) is 24.8. The second-order valence-corrected chi connectivity index (χ2v) is 11.1. The number of benzene rings is 3. The van der Waals surface area contributed by atoms with Crippen molar-refractivity contribution >= 4 is 63.8 Å². The molecule has 3 aromatic rings. The van der Waals surface area contributed by atoms with Crippen molar-refractivity contribution in [2.75, 3.05) is 18.5 Å². The molecule has 3 amide bonds. The largest absolute Gasteiger partial charge is 0.490 e. The maximum Gasteiger partial charge on any atom is 0.294 e. The predicted octanol–water partition coefficient (Wildman–Crippen LogP) is 7.57. The molecule has 0 aromatic heterocycles. The lowest BCUT2D eigenvalue weighted by Crippen LogP contribution is -2.36. The average molecular weight is 600 g/mol. The number of rotatable bonds is 9. The molecule has 0 atom stereocenters. The van der Waals surface area contributed by atoms with E-state index in [1.54, 1.807) is 36.4 Å². The fourth-order valence-corrected chi connectivity index (χ4v) is 5.44. The average Bonchev–Trinajstić information content (AvgIpc) is 3.15. The molecule has 1 N–H and O–H groups in total. The molecule has 0 aliphatic carbocycles. The van der Waals surface area contributed by atoms with Crippen LogP contribution in [-0.4, -0.2) is 35.1 Å². The normalized spacial score (nSPS) is 14.2. The number of imide groups is 1. The molecule has 0 unspecified atom stereocenters. The van der Waals surface area contributed by atoms with E-state index in [9.17, 15) is 14.4 Å². The van der Waals surface area contributed by atoms with Gasteiger partial charge in [-0.25, -0.2) is 0 Å². The highest BCUT2D eigenvalue weighted by Gasteiger charge is 2.36. The van der Waals surface area contributed by atoms with E-state index < -0.39 is 17.1 Å². The van der Waals surface area contributed by atoms with Gasteiger partial charge in [-0.15, -0.1) is 0 Å². The van der Waals surface area contributed by atoms with Gasteiger partial charge in [-0.05, 0) is 92.1 Å². The maximum atomic E-state index is 13.0. The molecule has 0 spiro atoms. The third-order valence-corrected chi connectivity index (χ3v) is 7.71. The zero-order valence-electron chi connectivity index (χ0n) is 22.5. The lowest BCUT2D eigenvalue weighted by molar-refractivity contribution is -0.127. The van der Waals surface area contributed by atoms with Crippen LogP contribution in [0.2, 0.25) is 10.0 Å². The van der Waals surface area contributed by atoms with Gasteiger partial charge in [-0.1, -0.05) is 53.0 Å². The van der Waals surface area contributed by atoms with Crippen LogP contribution in [0.1, 0.15) is 34.7 Å². The molecule has 0 saturated carbocycles. The first-order chi connectivity index (χ1) is 19.0. The molecule has 208 valence electrons. The van der Waals surface area contributed by atoms with Gasteiger partial charge in [0.2, 0.25) is 5.91 Å². The minimum Gasteiger partial charge on any atom is -0.490 e. The van der Waals surface area contributed by atoms with Gasteiger partial charge in [-0.2, -0.15) is 0 Å². The minimum absolute atomic E-state index is 0.215. The summed E-state index contributed by atoms with van der Waals surface area (Å²) >= 11 is 12.9. The highest BCUT2D eigenvalue weighted by Crippen LogP contribution is 2.35. The van der Waals surface area contributed by atoms with Crippen LogP contribution < -0.4 is 14.8 Å². The number of anilines is 1. The van der Waals surface area contributed by atoms with Crippen molar-refractivity contribution in [3.05, 3.63) is 91.3 Å².